The Labute approximate surface area is 89.0 Å². The summed E-state index contributed by atoms with van der Waals surface area (Å²) in [4.78, 5) is 11.5. The lowest BCUT2D eigenvalue weighted by Gasteiger charge is -2.07. The van der Waals surface area contributed by atoms with Gasteiger partial charge in [-0.25, -0.2) is 4.79 Å². The highest BCUT2D eigenvalue weighted by molar-refractivity contribution is 5.89. The Hall–Kier alpha value is -1.95. The zero-order chi connectivity index (χ0) is 11.3. The predicted molar refractivity (Wildman–Crippen MR) is 56.7 cm³/mol. The van der Waals surface area contributed by atoms with Crippen molar-refractivity contribution >= 4 is 5.97 Å². The van der Waals surface area contributed by atoms with Crippen molar-refractivity contribution in [3.63, 3.8) is 0 Å². The van der Waals surface area contributed by atoms with Gasteiger partial charge in [0.05, 0.1) is 12.7 Å². The van der Waals surface area contributed by atoms with E-state index in [0.717, 1.165) is 0 Å². The van der Waals surface area contributed by atoms with Crippen LogP contribution in [0.5, 0.6) is 5.75 Å². The molecule has 1 aromatic carbocycles. The van der Waals surface area contributed by atoms with Crippen LogP contribution in [0.4, 0.5) is 0 Å². The van der Waals surface area contributed by atoms with Gasteiger partial charge < -0.3 is 9.47 Å². The summed E-state index contributed by atoms with van der Waals surface area (Å²) in [7, 11) is 1.56. The summed E-state index contributed by atoms with van der Waals surface area (Å²) in [5.74, 6) is 2.58. The van der Waals surface area contributed by atoms with Gasteiger partial charge in [0.1, 0.15) is 5.75 Å². The average Bonchev–Trinajstić information content (AvgIpc) is 2.29. The van der Waals surface area contributed by atoms with Gasteiger partial charge in [-0.15, -0.1) is 6.42 Å². The molecule has 0 aliphatic heterocycles. The lowest BCUT2D eigenvalue weighted by Crippen LogP contribution is -2.12. The minimum atomic E-state index is -0.514. The lowest BCUT2D eigenvalue weighted by molar-refractivity contribution is 0.0439. The maximum absolute atomic E-state index is 11.5. The first-order chi connectivity index (χ1) is 7.17. The minimum Gasteiger partial charge on any atom is -0.497 e. The van der Waals surface area contributed by atoms with Crippen LogP contribution in [-0.2, 0) is 4.74 Å². The van der Waals surface area contributed by atoms with E-state index >= 15 is 0 Å². The molecule has 0 saturated heterocycles. The monoisotopic (exact) mass is 204 g/mol. The minimum absolute atomic E-state index is 0.428. The van der Waals surface area contributed by atoms with Gasteiger partial charge in [0, 0.05) is 0 Å². The maximum Gasteiger partial charge on any atom is 0.339 e. The van der Waals surface area contributed by atoms with E-state index in [2.05, 4.69) is 5.92 Å². The molecular weight excluding hydrogens is 192 g/mol. The fraction of sp³-hybridized carbons (Fsp3) is 0.250. The number of carbonyl (C=O) groups is 1. The van der Waals surface area contributed by atoms with Crippen molar-refractivity contribution in [1.82, 2.24) is 0 Å². The molecule has 0 heterocycles. The Morgan fingerprint density at radius 2 is 2.00 bits per heavy atom. The van der Waals surface area contributed by atoms with Crippen LogP contribution < -0.4 is 4.74 Å². The number of hydrogen-bond donors (Lipinski definition) is 0. The maximum atomic E-state index is 11.5. The largest absolute Gasteiger partial charge is 0.497 e. The first kappa shape index (κ1) is 11.1. The van der Waals surface area contributed by atoms with Crippen molar-refractivity contribution in [2.75, 3.05) is 7.11 Å². The third kappa shape index (κ3) is 3.03. The summed E-state index contributed by atoms with van der Waals surface area (Å²) in [5.41, 5.74) is 0.456. The number of hydrogen-bond acceptors (Lipinski definition) is 3. The van der Waals surface area contributed by atoms with Crippen LogP contribution in [0.15, 0.2) is 24.3 Å². The van der Waals surface area contributed by atoms with Gasteiger partial charge in [0.15, 0.2) is 6.10 Å². The van der Waals surface area contributed by atoms with Crippen LogP contribution in [0.25, 0.3) is 0 Å². The molecular formula is C12H12O3. The smallest absolute Gasteiger partial charge is 0.339 e. The average molecular weight is 204 g/mol. The van der Waals surface area contributed by atoms with Crippen LogP contribution in [0.3, 0.4) is 0 Å². The van der Waals surface area contributed by atoms with Crippen molar-refractivity contribution in [3.8, 4) is 18.1 Å². The van der Waals surface area contributed by atoms with E-state index in [9.17, 15) is 4.79 Å². The number of terminal acetylenes is 1. The molecule has 15 heavy (non-hydrogen) atoms. The summed E-state index contributed by atoms with van der Waals surface area (Å²) < 4.78 is 9.91. The van der Waals surface area contributed by atoms with Crippen molar-refractivity contribution in [1.29, 1.82) is 0 Å². The van der Waals surface area contributed by atoms with E-state index in [-0.39, 0.29) is 0 Å². The predicted octanol–water partition coefficient (Wildman–Crippen LogP) is 1.87. The Morgan fingerprint density at radius 3 is 2.47 bits per heavy atom. The molecule has 0 spiro atoms. The molecule has 1 rings (SSSR count). The number of benzene rings is 1. The van der Waals surface area contributed by atoms with Crippen molar-refractivity contribution in [2.45, 2.75) is 13.0 Å². The number of esters is 1. The van der Waals surface area contributed by atoms with Gasteiger partial charge in [-0.1, -0.05) is 5.92 Å². The SMILES string of the molecule is C#CC(C)OC(=O)c1ccc(OC)cc1. The molecule has 3 heteroatoms. The van der Waals surface area contributed by atoms with E-state index in [1.165, 1.54) is 0 Å². The molecule has 0 aliphatic carbocycles. The Kier molecular flexibility index (Phi) is 3.75. The van der Waals surface area contributed by atoms with Gasteiger partial charge in [0.25, 0.3) is 0 Å². The van der Waals surface area contributed by atoms with Crippen LogP contribution >= 0.6 is 0 Å². The second-order valence-corrected chi connectivity index (χ2v) is 2.94. The molecule has 0 radical (unpaired) electrons. The van der Waals surface area contributed by atoms with E-state index in [1.54, 1.807) is 38.3 Å². The molecule has 0 fully saturated rings. The molecule has 78 valence electrons. The molecule has 0 bridgehead atoms. The molecule has 1 unspecified atom stereocenters. The molecule has 0 amide bonds. The summed E-state index contributed by atoms with van der Waals surface area (Å²) in [5, 5.41) is 0. The third-order valence-electron chi connectivity index (χ3n) is 1.84. The zero-order valence-electron chi connectivity index (χ0n) is 8.69. The lowest BCUT2D eigenvalue weighted by atomic mass is 10.2. The molecule has 0 aliphatic rings. The number of ether oxygens (including phenoxy) is 2. The van der Waals surface area contributed by atoms with Crippen LogP contribution in [0, 0.1) is 12.3 Å². The normalized spacial score (nSPS) is 11.3. The highest BCUT2D eigenvalue weighted by atomic mass is 16.5. The van der Waals surface area contributed by atoms with Crippen molar-refractivity contribution < 1.29 is 14.3 Å². The van der Waals surface area contributed by atoms with Crippen LogP contribution in [0.1, 0.15) is 17.3 Å². The molecule has 0 aromatic heterocycles. The van der Waals surface area contributed by atoms with Crippen molar-refractivity contribution in [3.05, 3.63) is 29.8 Å². The Bertz CT molecular complexity index is 373. The summed E-state index contributed by atoms with van der Waals surface area (Å²) in [6, 6.07) is 6.64. The first-order valence-corrected chi connectivity index (χ1v) is 4.48. The van der Waals surface area contributed by atoms with Crippen LogP contribution in [-0.4, -0.2) is 19.2 Å². The van der Waals surface area contributed by atoms with Gasteiger partial charge in [-0.05, 0) is 31.2 Å². The fourth-order valence-corrected chi connectivity index (χ4v) is 0.990. The van der Waals surface area contributed by atoms with Crippen LogP contribution in [0.2, 0.25) is 0 Å². The Balaban J connectivity index is 2.71. The highest BCUT2D eigenvalue weighted by Crippen LogP contribution is 2.12. The van der Waals surface area contributed by atoms with E-state index in [0.29, 0.717) is 11.3 Å². The van der Waals surface area contributed by atoms with Gasteiger partial charge in [-0.3, -0.25) is 0 Å². The quantitative estimate of drug-likeness (QED) is 0.557. The van der Waals surface area contributed by atoms with Crippen molar-refractivity contribution in [2.24, 2.45) is 0 Å². The highest BCUT2D eigenvalue weighted by Gasteiger charge is 2.09. The molecule has 1 atom stereocenters. The van der Waals surface area contributed by atoms with E-state index < -0.39 is 12.1 Å². The molecule has 1 aromatic rings. The number of rotatable bonds is 3. The van der Waals surface area contributed by atoms with Gasteiger partial charge >= 0.3 is 5.97 Å². The first-order valence-electron chi connectivity index (χ1n) is 4.48. The van der Waals surface area contributed by atoms with E-state index in [1.807, 2.05) is 0 Å². The summed E-state index contributed by atoms with van der Waals surface area (Å²) >= 11 is 0. The third-order valence-corrected chi connectivity index (χ3v) is 1.84. The molecule has 0 saturated carbocycles. The molecule has 0 N–H and O–H groups in total. The topological polar surface area (TPSA) is 35.5 Å². The second kappa shape index (κ2) is 5.06. The Morgan fingerprint density at radius 1 is 1.40 bits per heavy atom. The zero-order valence-corrected chi connectivity index (χ0v) is 8.69. The summed E-state index contributed by atoms with van der Waals surface area (Å²) in [6.07, 6.45) is 4.58. The molecule has 3 nitrogen and oxygen atoms in total. The number of methoxy groups -OCH3 is 1. The van der Waals surface area contributed by atoms with Gasteiger partial charge in [-0.2, -0.15) is 0 Å². The standard InChI is InChI=1S/C12H12O3/c1-4-9(2)15-12(13)10-5-7-11(14-3)8-6-10/h1,5-9H,2-3H3. The second-order valence-electron chi connectivity index (χ2n) is 2.94. The van der Waals surface area contributed by atoms with E-state index in [4.69, 9.17) is 15.9 Å². The summed E-state index contributed by atoms with van der Waals surface area (Å²) in [6.45, 7) is 1.64. The van der Waals surface area contributed by atoms with Gasteiger partial charge in [0.2, 0.25) is 0 Å². The fourth-order valence-electron chi connectivity index (χ4n) is 0.990. The number of carbonyl (C=O) groups excluding carboxylic acids is 1.